The Labute approximate surface area is 128 Å². The highest BCUT2D eigenvalue weighted by Crippen LogP contribution is 2.19. The first-order valence-corrected chi connectivity index (χ1v) is 7.67. The smallest absolute Gasteiger partial charge is 0.254 e. The maximum Gasteiger partial charge on any atom is 0.254 e. The highest BCUT2D eigenvalue weighted by Gasteiger charge is 2.22. The quantitative estimate of drug-likeness (QED) is 0.799. The molecule has 0 aliphatic rings. The van der Waals surface area contributed by atoms with Gasteiger partial charge < -0.3 is 15.0 Å². The summed E-state index contributed by atoms with van der Waals surface area (Å²) >= 11 is 0. The molecule has 0 aliphatic heterocycles. The van der Waals surface area contributed by atoms with Gasteiger partial charge in [0.15, 0.2) is 0 Å². The molecule has 118 valence electrons. The number of amides is 1. The summed E-state index contributed by atoms with van der Waals surface area (Å²) in [6, 6.07) is 6.07. The molecule has 4 heteroatoms. The molecule has 0 aromatic heterocycles. The Balaban J connectivity index is 3.00. The summed E-state index contributed by atoms with van der Waals surface area (Å²) in [5.41, 5.74) is 2.88. The number of methoxy groups -OCH3 is 1. The highest BCUT2D eigenvalue weighted by molar-refractivity contribution is 5.95. The van der Waals surface area contributed by atoms with E-state index in [0.717, 1.165) is 29.7 Å². The van der Waals surface area contributed by atoms with Crippen LogP contribution in [0.2, 0.25) is 0 Å². The van der Waals surface area contributed by atoms with Gasteiger partial charge in [0.05, 0.1) is 6.61 Å². The van der Waals surface area contributed by atoms with Gasteiger partial charge in [0.1, 0.15) is 0 Å². The number of anilines is 1. The van der Waals surface area contributed by atoms with Gasteiger partial charge in [-0.3, -0.25) is 4.79 Å². The number of benzene rings is 1. The Kier molecular flexibility index (Phi) is 7.23. The highest BCUT2D eigenvalue weighted by atomic mass is 16.5. The van der Waals surface area contributed by atoms with Crippen molar-refractivity contribution in [1.82, 2.24) is 4.90 Å². The molecular formula is C17H28N2O2. The van der Waals surface area contributed by atoms with Crippen molar-refractivity contribution in [3.63, 3.8) is 0 Å². The van der Waals surface area contributed by atoms with E-state index in [2.05, 4.69) is 19.2 Å². The second-order valence-electron chi connectivity index (χ2n) is 5.24. The van der Waals surface area contributed by atoms with Gasteiger partial charge in [-0.1, -0.05) is 13.8 Å². The first kappa shape index (κ1) is 17.5. The van der Waals surface area contributed by atoms with E-state index in [1.54, 1.807) is 7.11 Å². The molecule has 0 fully saturated rings. The zero-order valence-corrected chi connectivity index (χ0v) is 13.9. The molecule has 0 atom stereocenters. The van der Waals surface area contributed by atoms with Gasteiger partial charge in [-0.25, -0.2) is 0 Å². The fourth-order valence-electron chi connectivity index (χ4n) is 2.61. The van der Waals surface area contributed by atoms with Crippen LogP contribution < -0.4 is 5.32 Å². The first-order valence-electron chi connectivity index (χ1n) is 7.67. The summed E-state index contributed by atoms with van der Waals surface area (Å²) in [4.78, 5) is 14.8. The third kappa shape index (κ3) is 4.46. The van der Waals surface area contributed by atoms with Crippen molar-refractivity contribution in [3.05, 3.63) is 29.3 Å². The van der Waals surface area contributed by atoms with E-state index in [0.29, 0.717) is 13.2 Å². The molecule has 1 N–H and O–H groups in total. The molecule has 1 amide bonds. The third-order valence-electron chi connectivity index (χ3n) is 3.92. The molecule has 0 aliphatic carbocycles. The van der Waals surface area contributed by atoms with Crippen LogP contribution in [0.15, 0.2) is 18.2 Å². The van der Waals surface area contributed by atoms with Crippen LogP contribution in [0.25, 0.3) is 0 Å². The van der Waals surface area contributed by atoms with Gasteiger partial charge in [-0.15, -0.1) is 0 Å². The van der Waals surface area contributed by atoms with Gasteiger partial charge in [-0.2, -0.15) is 0 Å². The lowest BCUT2D eigenvalue weighted by Crippen LogP contribution is -2.41. The van der Waals surface area contributed by atoms with Gasteiger partial charge >= 0.3 is 0 Å². The van der Waals surface area contributed by atoms with Crippen molar-refractivity contribution in [2.75, 3.05) is 32.6 Å². The molecule has 0 saturated carbocycles. The number of rotatable bonds is 8. The minimum Gasteiger partial charge on any atom is -0.388 e. The van der Waals surface area contributed by atoms with Crippen molar-refractivity contribution >= 4 is 11.6 Å². The maximum atomic E-state index is 12.8. The van der Waals surface area contributed by atoms with Crippen molar-refractivity contribution in [2.45, 2.75) is 39.7 Å². The summed E-state index contributed by atoms with van der Waals surface area (Å²) in [5.74, 6) is 0.0894. The normalized spacial score (nSPS) is 10.8. The average molecular weight is 292 g/mol. The number of carbonyl (C=O) groups is 1. The summed E-state index contributed by atoms with van der Waals surface area (Å²) in [5, 5.41) is 3.13. The van der Waals surface area contributed by atoms with Crippen LogP contribution in [0.4, 0.5) is 5.69 Å². The lowest BCUT2D eigenvalue weighted by Gasteiger charge is -2.30. The van der Waals surface area contributed by atoms with E-state index >= 15 is 0 Å². The fourth-order valence-corrected chi connectivity index (χ4v) is 2.61. The lowest BCUT2D eigenvalue weighted by atomic mass is 10.1. The number of aryl methyl sites for hydroxylation is 1. The molecule has 0 bridgehead atoms. The number of carbonyl (C=O) groups excluding carboxylic acids is 1. The Bertz CT molecular complexity index is 456. The zero-order valence-electron chi connectivity index (χ0n) is 13.9. The Hall–Kier alpha value is -1.55. The predicted octanol–water partition coefficient (Wildman–Crippen LogP) is 3.31. The minimum absolute atomic E-state index is 0.0894. The number of hydrogen-bond donors (Lipinski definition) is 1. The molecule has 4 nitrogen and oxygen atoms in total. The van der Waals surface area contributed by atoms with Crippen LogP contribution in [0, 0.1) is 6.92 Å². The number of ether oxygens (including phenoxy) is 1. The van der Waals surface area contributed by atoms with Gasteiger partial charge in [0.25, 0.3) is 5.91 Å². The molecule has 0 radical (unpaired) electrons. The topological polar surface area (TPSA) is 41.6 Å². The van der Waals surface area contributed by atoms with Crippen LogP contribution in [0.3, 0.4) is 0 Å². The summed E-state index contributed by atoms with van der Waals surface area (Å²) in [7, 11) is 3.56. The van der Waals surface area contributed by atoms with Crippen molar-refractivity contribution < 1.29 is 9.53 Å². The monoisotopic (exact) mass is 292 g/mol. The van der Waals surface area contributed by atoms with Crippen molar-refractivity contribution in [1.29, 1.82) is 0 Å². The average Bonchev–Trinajstić information content (AvgIpc) is 2.50. The van der Waals surface area contributed by atoms with E-state index in [1.165, 1.54) is 0 Å². The van der Waals surface area contributed by atoms with Gasteiger partial charge in [0.2, 0.25) is 0 Å². The Morgan fingerprint density at radius 2 is 2.00 bits per heavy atom. The summed E-state index contributed by atoms with van der Waals surface area (Å²) in [6.45, 7) is 7.46. The maximum absolute atomic E-state index is 12.8. The molecule has 0 saturated heterocycles. The Morgan fingerprint density at radius 1 is 1.33 bits per heavy atom. The second kappa shape index (κ2) is 8.67. The van der Waals surface area contributed by atoms with Gasteiger partial charge in [-0.05, 0) is 43.5 Å². The number of nitrogens with one attached hydrogen (secondary N) is 1. The standard InChI is InChI=1S/C17H28N2O2/c1-6-15(7-2)19(10-11-21-5)17(20)14-8-9-16(18-4)13(3)12-14/h8-9,12,15,18H,6-7,10-11H2,1-5H3. The van der Waals surface area contributed by atoms with Crippen LogP contribution in [0.5, 0.6) is 0 Å². The number of nitrogens with zero attached hydrogens (tertiary/aromatic N) is 1. The molecule has 1 aromatic carbocycles. The second-order valence-corrected chi connectivity index (χ2v) is 5.24. The van der Waals surface area contributed by atoms with Crippen molar-refractivity contribution in [3.8, 4) is 0 Å². The Morgan fingerprint density at radius 3 is 2.48 bits per heavy atom. The molecule has 0 heterocycles. The molecular weight excluding hydrogens is 264 g/mol. The zero-order chi connectivity index (χ0) is 15.8. The van der Waals surface area contributed by atoms with Crippen LogP contribution in [0.1, 0.15) is 42.6 Å². The van der Waals surface area contributed by atoms with Crippen LogP contribution >= 0.6 is 0 Å². The van der Waals surface area contributed by atoms with E-state index in [1.807, 2.05) is 37.1 Å². The minimum atomic E-state index is 0.0894. The first-order chi connectivity index (χ1) is 10.1. The third-order valence-corrected chi connectivity index (χ3v) is 3.92. The predicted molar refractivity (Wildman–Crippen MR) is 88.0 cm³/mol. The molecule has 21 heavy (non-hydrogen) atoms. The molecule has 1 aromatic rings. The van der Waals surface area contributed by atoms with Crippen LogP contribution in [-0.4, -0.2) is 44.2 Å². The van der Waals surface area contributed by atoms with Crippen molar-refractivity contribution in [2.24, 2.45) is 0 Å². The molecule has 1 rings (SSSR count). The molecule has 0 spiro atoms. The largest absolute Gasteiger partial charge is 0.388 e. The van der Waals surface area contributed by atoms with E-state index in [9.17, 15) is 4.79 Å². The van der Waals surface area contributed by atoms with E-state index in [4.69, 9.17) is 4.74 Å². The fraction of sp³-hybridized carbons (Fsp3) is 0.588. The van der Waals surface area contributed by atoms with Gasteiger partial charge in [0, 0.05) is 38.0 Å². The van der Waals surface area contributed by atoms with E-state index < -0.39 is 0 Å². The van der Waals surface area contributed by atoms with Crippen LogP contribution in [-0.2, 0) is 4.74 Å². The summed E-state index contributed by atoms with van der Waals surface area (Å²) < 4.78 is 5.15. The van der Waals surface area contributed by atoms with E-state index in [-0.39, 0.29) is 11.9 Å². The number of hydrogen-bond acceptors (Lipinski definition) is 3. The lowest BCUT2D eigenvalue weighted by molar-refractivity contribution is 0.0589. The SMILES string of the molecule is CCC(CC)N(CCOC)C(=O)c1ccc(NC)c(C)c1. The molecule has 0 unspecified atom stereocenters. The summed E-state index contributed by atoms with van der Waals surface area (Å²) in [6.07, 6.45) is 1.92.